The Morgan fingerprint density at radius 2 is 1.62 bits per heavy atom. The predicted molar refractivity (Wildman–Crippen MR) is 117 cm³/mol. The topological polar surface area (TPSA) is 95.9 Å². The van der Waals surface area contributed by atoms with E-state index in [-0.39, 0.29) is 24.5 Å². The van der Waals surface area contributed by atoms with E-state index in [0.29, 0.717) is 25.8 Å². The van der Waals surface area contributed by atoms with Gasteiger partial charge in [0.15, 0.2) is 0 Å². The second kappa shape index (κ2) is 8.30. The fourth-order valence-corrected chi connectivity index (χ4v) is 5.34. The Morgan fingerprint density at radius 3 is 2.22 bits per heavy atom. The molecule has 2 aromatic rings. The first-order chi connectivity index (χ1) is 15.5. The van der Waals surface area contributed by atoms with E-state index in [4.69, 9.17) is 4.74 Å². The molecule has 32 heavy (non-hydrogen) atoms. The Balaban J connectivity index is 1.22. The zero-order valence-electron chi connectivity index (χ0n) is 17.7. The molecular weight excluding hydrogens is 408 g/mol. The van der Waals surface area contributed by atoms with Gasteiger partial charge in [-0.25, -0.2) is 9.59 Å². The molecule has 2 aromatic carbocycles. The van der Waals surface area contributed by atoms with Gasteiger partial charge in [-0.05, 0) is 41.5 Å². The average Bonchev–Trinajstić information content (AvgIpc) is 3.33. The molecule has 7 nitrogen and oxygen atoms in total. The van der Waals surface area contributed by atoms with Gasteiger partial charge in [0, 0.05) is 18.5 Å². The molecule has 0 radical (unpaired) electrons. The van der Waals surface area contributed by atoms with Crippen LogP contribution < -0.4 is 5.32 Å². The molecule has 1 saturated carbocycles. The molecule has 3 aliphatic rings. The van der Waals surface area contributed by atoms with E-state index < -0.39 is 24.0 Å². The summed E-state index contributed by atoms with van der Waals surface area (Å²) in [5.74, 6) is -1.56. The van der Waals surface area contributed by atoms with Gasteiger partial charge in [-0.3, -0.25) is 4.79 Å². The van der Waals surface area contributed by atoms with Gasteiger partial charge >= 0.3 is 12.1 Å². The maximum atomic E-state index is 12.8. The molecule has 3 atom stereocenters. The molecule has 2 N–H and O–H groups in total. The monoisotopic (exact) mass is 434 g/mol. The molecule has 2 aliphatic carbocycles. The van der Waals surface area contributed by atoms with Crippen LogP contribution in [0.2, 0.25) is 0 Å². The number of ether oxygens (including phenoxy) is 1. The largest absolute Gasteiger partial charge is 0.480 e. The smallest absolute Gasteiger partial charge is 0.407 e. The summed E-state index contributed by atoms with van der Waals surface area (Å²) in [7, 11) is 0. The van der Waals surface area contributed by atoms with Crippen LogP contribution in [-0.4, -0.2) is 53.2 Å². The van der Waals surface area contributed by atoms with Gasteiger partial charge in [0.25, 0.3) is 0 Å². The van der Waals surface area contributed by atoms with Gasteiger partial charge in [-0.1, -0.05) is 55.0 Å². The predicted octanol–water partition coefficient (Wildman–Crippen LogP) is 3.38. The lowest BCUT2D eigenvalue weighted by Crippen LogP contribution is -2.58. The van der Waals surface area contributed by atoms with Crippen molar-refractivity contribution in [1.29, 1.82) is 0 Å². The summed E-state index contributed by atoms with van der Waals surface area (Å²) in [4.78, 5) is 38.2. The molecule has 2 fully saturated rings. The number of likely N-dealkylation sites (tertiary alicyclic amines) is 1. The van der Waals surface area contributed by atoms with Crippen molar-refractivity contribution in [2.45, 2.75) is 43.7 Å². The number of carbonyl (C=O) groups is 3. The van der Waals surface area contributed by atoms with Crippen molar-refractivity contribution >= 4 is 18.0 Å². The van der Waals surface area contributed by atoms with Crippen LogP contribution in [0.5, 0.6) is 0 Å². The van der Waals surface area contributed by atoms with Crippen LogP contribution in [0.4, 0.5) is 4.79 Å². The Kier molecular flexibility index (Phi) is 5.33. The Bertz CT molecular complexity index is 1020. The van der Waals surface area contributed by atoms with Gasteiger partial charge in [-0.15, -0.1) is 0 Å². The van der Waals surface area contributed by atoms with E-state index in [9.17, 15) is 19.5 Å². The quantitative estimate of drug-likeness (QED) is 0.752. The number of nitrogens with one attached hydrogen (secondary N) is 1. The minimum Gasteiger partial charge on any atom is -0.480 e. The van der Waals surface area contributed by atoms with Crippen LogP contribution in [0.15, 0.2) is 48.5 Å². The van der Waals surface area contributed by atoms with Crippen LogP contribution in [0.1, 0.15) is 42.7 Å². The van der Waals surface area contributed by atoms with Crippen molar-refractivity contribution in [3.05, 3.63) is 59.7 Å². The van der Waals surface area contributed by atoms with E-state index in [1.165, 1.54) is 16.0 Å². The van der Waals surface area contributed by atoms with Crippen LogP contribution in [-0.2, 0) is 14.3 Å². The zero-order chi connectivity index (χ0) is 22.2. The summed E-state index contributed by atoms with van der Waals surface area (Å²) in [5, 5.41) is 12.1. The van der Waals surface area contributed by atoms with Crippen LogP contribution in [0.3, 0.4) is 0 Å². The van der Waals surface area contributed by atoms with Gasteiger partial charge in [0.05, 0.1) is 5.92 Å². The van der Waals surface area contributed by atoms with Crippen LogP contribution in [0, 0.1) is 5.92 Å². The van der Waals surface area contributed by atoms with Gasteiger partial charge in [0.2, 0.25) is 5.91 Å². The third-order valence-electron chi connectivity index (χ3n) is 7.07. The Labute approximate surface area is 186 Å². The Morgan fingerprint density at radius 1 is 0.969 bits per heavy atom. The lowest BCUT2D eigenvalue weighted by atomic mass is 9.95. The molecule has 1 heterocycles. The van der Waals surface area contributed by atoms with Crippen molar-refractivity contribution in [3.63, 3.8) is 0 Å². The number of nitrogens with zero attached hydrogens (tertiary/aromatic N) is 1. The first-order valence-electron chi connectivity index (χ1n) is 11.2. The van der Waals surface area contributed by atoms with Gasteiger partial charge in [-0.2, -0.15) is 0 Å². The number of hydrogen-bond acceptors (Lipinski definition) is 4. The maximum Gasteiger partial charge on any atom is 0.407 e. The number of amides is 2. The van der Waals surface area contributed by atoms with Gasteiger partial charge < -0.3 is 20.1 Å². The SMILES string of the molecule is O=C(NC1CCCC1C(=O)N1CCC1C(=O)O)OCC1c2ccccc2-c2ccccc21. The molecule has 0 bridgehead atoms. The van der Waals surface area contributed by atoms with E-state index in [2.05, 4.69) is 29.6 Å². The fourth-order valence-electron chi connectivity index (χ4n) is 5.34. The number of carboxylic acids is 1. The minimum atomic E-state index is -0.969. The summed E-state index contributed by atoms with van der Waals surface area (Å²) < 4.78 is 5.62. The summed E-state index contributed by atoms with van der Waals surface area (Å²) in [6, 6.07) is 15.3. The van der Waals surface area contributed by atoms with Gasteiger partial charge in [0.1, 0.15) is 12.6 Å². The number of fused-ring (bicyclic) bond motifs is 3. The number of carboxylic acid groups (broad SMARTS) is 1. The van der Waals surface area contributed by atoms with E-state index in [1.54, 1.807) is 0 Å². The minimum absolute atomic E-state index is 0.0217. The number of rotatable bonds is 5. The first-order valence-corrected chi connectivity index (χ1v) is 11.2. The lowest BCUT2D eigenvalue weighted by molar-refractivity contribution is -0.159. The third-order valence-corrected chi connectivity index (χ3v) is 7.07. The zero-order valence-corrected chi connectivity index (χ0v) is 17.7. The number of carbonyl (C=O) groups excluding carboxylic acids is 2. The molecule has 166 valence electrons. The molecule has 1 aliphatic heterocycles. The second-order valence-electron chi connectivity index (χ2n) is 8.79. The van der Waals surface area contributed by atoms with Crippen LogP contribution in [0.25, 0.3) is 11.1 Å². The molecule has 2 amide bonds. The number of aliphatic carboxylic acids is 1. The highest BCUT2D eigenvalue weighted by atomic mass is 16.5. The normalized spacial score (nSPS) is 23.8. The molecule has 3 unspecified atom stereocenters. The van der Waals surface area contributed by atoms with E-state index in [0.717, 1.165) is 17.5 Å². The standard InChI is InChI=1S/C25H26N2O5/c28-23(27-13-12-22(27)24(29)30)19-10-5-11-21(19)26-25(31)32-14-20-17-8-3-1-6-15(17)16-7-2-4-9-18(16)20/h1-4,6-9,19-22H,5,10-14H2,(H,26,31)(H,29,30). The number of hydrogen-bond donors (Lipinski definition) is 2. The summed E-state index contributed by atoms with van der Waals surface area (Å²) in [6.45, 7) is 0.683. The number of benzene rings is 2. The maximum absolute atomic E-state index is 12.8. The summed E-state index contributed by atoms with van der Waals surface area (Å²) in [6.07, 6.45) is 2.10. The third kappa shape index (κ3) is 3.51. The van der Waals surface area contributed by atoms with Crippen LogP contribution >= 0.6 is 0 Å². The molecule has 1 saturated heterocycles. The molecule has 5 rings (SSSR count). The first kappa shape index (κ1) is 20.5. The van der Waals surface area contributed by atoms with E-state index in [1.807, 2.05) is 24.3 Å². The van der Waals surface area contributed by atoms with Crippen molar-refractivity contribution < 1.29 is 24.2 Å². The highest BCUT2D eigenvalue weighted by Gasteiger charge is 2.44. The van der Waals surface area contributed by atoms with Crippen molar-refractivity contribution in [2.75, 3.05) is 13.2 Å². The van der Waals surface area contributed by atoms with Crippen molar-refractivity contribution in [2.24, 2.45) is 5.92 Å². The highest BCUT2D eigenvalue weighted by Crippen LogP contribution is 2.44. The summed E-state index contributed by atoms with van der Waals surface area (Å²) in [5.41, 5.74) is 4.63. The second-order valence-corrected chi connectivity index (χ2v) is 8.79. The van der Waals surface area contributed by atoms with E-state index >= 15 is 0 Å². The Hall–Kier alpha value is -3.35. The van der Waals surface area contributed by atoms with Crippen molar-refractivity contribution in [1.82, 2.24) is 10.2 Å². The molecule has 0 spiro atoms. The highest BCUT2D eigenvalue weighted by molar-refractivity contribution is 5.87. The molecular formula is C25H26N2O5. The number of alkyl carbamates (subject to hydrolysis) is 1. The summed E-state index contributed by atoms with van der Waals surface area (Å²) >= 11 is 0. The molecule has 7 heteroatoms. The lowest BCUT2D eigenvalue weighted by Gasteiger charge is -2.40. The molecule has 0 aromatic heterocycles. The average molecular weight is 434 g/mol. The van der Waals surface area contributed by atoms with Crippen molar-refractivity contribution in [3.8, 4) is 11.1 Å². The fraction of sp³-hybridized carbons (Fsp3) is 0.400.